The van der Waals surface area contributed by atoms with E-state index in [2.05, 4.69) is 0 Å². The van der Waals surface area contributed by atoms with E-state index in [0.717, 1.165) is 0 Å². The summed E-state index contributed by atoms with van der Waals surface area (Å²) in [4.78, 5) is 0. The van der Waals surface area contributed by atoms with Gasteiger partial charge in [0, 0.05) is 0 Å². The summed E-state index contributed by atoms with van der Waals surface area (Å²) in [6.07, 6.45) is 0. The van der Waals surface area contributed by atoms with Gasteiger partial charge < -0.3 is 9.32 Å². The third kappa shape index (κ3) is 12.4. The summed E-state index contributed by atoms with van der Waals surface area (Å²) in [5.74, 6) is 0. The van der Waals surface area contributed by atoms with Crippen LogP contribution in [0.5, 0.6) is 0 Å². The smallest absolute Gasteiger partial charge is 0.544 e. The fourth-order valence-corrected chi connectivity index (χ4v) is 0. The summed E-state index contributed by atoms with van der Waals surface area (Å²) in [6, 6.07) is 0. The second-order valence-electron chi connectivity index (χ2n) is 0.0630. The van der Waals surface area contributed by atoms with Gasteiger partial charge in [-0.15, -0.1) is 0 Å². The molecule has 0 atom stereocenters. The van der Waals surface area contributed by atoms with E-state index in [-0.39, 0.29) is 22.4 Å². The van der Waals surface area contributed by atoms with Gasteiger partial charge in [-0.2, -0.15) is 0 Å². The molecule has 4 heavy (non-hydrogen) atoms. The van der Waals surface area contributed by atoms with Crippen LogP contribution in [-0.4, -0.2) is 0 Å². The fourth-order valence-electron chi connectivity index (χ4n) is 0. The van der Waals surface area contributed by atoms with Crippen molar-refractivity contribution in [2.45, 2.75) is 0 Å². The van der Waals surface area contributed by atoms with Crippen LogP contribution in [0, 0.1) is 11.3 Å². The van der Waals surface area contributed by atoms with Crippen molar-refractivity contribution in [3.8, 4) is 0 Å². The molecule has 0 amide bonds. The minimum Gasteiger partial charge on any atom is -0.544 e. The molecule has 0 saturated heterocycles. The Bertz CT molecular complexity index is 6.00. The molecule has 0 bridgehead atoms. The molecule has 0 heterocycles. The zero-order valence-electron chi connectivity index (χ0n) is 1.50. The van der Waals surface area contributed by atoms with Gasteiger partial charge in [0.25, 0.3) is 0 Å². The van der Waals surface area contributed by atoms with Crippen LogP contribution in [0.3, 0.4) is 0 Å². The van der Waals surface area contributed by atoms with Gasteiger partial charge in [-0.05, 0) is 0 Å². The van der Waals surface area contributed by atoms with Gasteiger partial charge in [0.15, 0.2) is 0 Å². The third-order valence-corrected chi connectivity index (χ3v) is 0. The zero-order chi connectivity index (χ0) is 2.71. The molecule has 0 radical (unpaired) electrons. The van der Waals surface area contributed by atoms with Crippen LogP contribution in [0.2, 0.25) is 0 Å². The van der Waals surface area contributed by atoms with Crippen molar-refractivity contribution in [3.05, 3.63) is 0 Å². The molecule has 0 aromatic carbocycles. The Hall–Kier alpha value is 0.950. The first kappa shape index (κ1) is 8.87. The maximum Gasteiger partial charge on any atom is 1.00 e. The summed E-state index contributed by atoms with van der Waals surface area (Å²) >= 11 is -0.417. The van der Waals surface area contributed by atoms with E-state index in [0.29, 0.717) is 0 Å². The molecule has 0 aromatic rings. The minimum absolute atomic E-state index is 0. The van der Waals surface area contributed by atoms with E-state index in [1.807, 2.05) is 0 Å². The van der Waals surface area contributed by atoms with Crippen LogP contribution in [0.25, 0.3) is 0 Å². The molecule has 0 fully saturated rings. The van der Waals surface area contributed by atoms with Crippen molar-refractivity contribution in [1.82, 2.24) is 0 Å². The largest absolute Gasteiger partial charge is 1.00 e. The number of rotatable bonds is 0. The van der Waals surface area contributed by atoms with Crippen molar-refractivity contribution in [2.24, 2.45) is 0 Å². The topological polar surface area (TPSA) is 46.1 Å². The Morgan fingerprint density at radius 3 is 1.25 bits per heavy atom. The van der Waals surface area contributed by atoms with Gasteiger partial charge >= 0.3 is 22.4 Å². The third-order valence-electron chi connectivity index (χ3n) is 0. The number of halogens is 1. The molecule has 2 nitrogen and oxygen atoms in total. The van der Waals surface area contributed by atoms with Gasteiger partial charge in [0.2, 0.25) is 0 Å². The second kappa shape index (κ2) is 9.04. The van der Waals surface area contributed by atoms with Gasteiger partial charge in [0.05, 0.1) is 11.3 Å². The average Bonchev–Trinajstić information content (AvgIpc) is 0.918. The normalized spacial score (nSPS) is 4.50. The Morgan fingerprint density at radius 2 is 1.25 bits per heavy atom. The second-order valence-corrected chi connectivity index (χ2v) is 0.189. The summed E-state index contributed by atoms with van der Waals surface area (Å²) in [5.41, 5.74) is 0. The molecule has 4 heteroatoms. The van der Waals surface area contributed by atoms with Gasteiger partial charge in [-0.3, -0.25) is 0 Å². The first-order valence-corrected chi connectivity index (χ1v) is 0.926. The van der Waals surface area contributed by atoms with Crippen molar-refractivity contribution < 1.29 is 43.0 Å². The molecule has 0 aliphatic carbocycles. The molecule has 30 valence electrons. The van der Waals surface area contributed by atoms with Crippen LogP contribution in [0.4, 0.5) is 0 Å². The van der Waals surface area contributed by atoms with Crippen LogP contribution < -0.4 is 9.32 Å². The van der Waals surface area contributed by atoms with Crippen molar-refractivity contribution in [1.29, 1.82) is 0 Å². The SMILES string of the molecule is [Ag+].[O-][Cl+][O-]. The van der Waals surface area contributed by atoms with E-state index in [9.17, 15) is 0 Å². The molecule has 0 saturated carbocycles. The molecule has 0 aliphatic rings. The van der Waals surface area contributed by atoms with Crippen LogP contribution in [0.1, 0.15) is 0 Å². The maximum atomic E-state index is 8.24. The molecular weight excluding hydrogens is 175 g/mol. The van der Waals surface area contributed by atoms with E-state index in [1.54, 1.807) is 0 Å². The molecule has 0 spiro atoms. The van der Waals surface area contributed by atoms with E-state index in [4.69, 9.17) is 9.32 Å². The average molecular weight is 175 g/mol. The Kier molecular flexibility index (Phi) is 20.1. The van der Waals surface area contributed by atoms with Crippen molar-refractivity contribution in [3.63, 3.8) is 0 Å². The van der Waals surface area contributed by atoms with Crippen LogP contribution in [-0.2, 0) is 22.4 Å². The molecular formula is AgClO2. The number of hydrogen-bond donors (Lipinski definition) is 0. The predicted octanol–water partition coefficient (Wildman–Crippen LogP) is -2.38. The number of hydrogen-bond acceptors (Lipinski definition) is 2. The quantitative estimate of drug-likeness (QED) is 0.386. The summed E-state index contributed by atoms with van der Waals surface area (Å²) in [6.45, 7) is 0. The summed E-state index contributed by atoms with van der Waals surface area (Å²) in [5, 5.41) is 0. The van der Waals surface area contributed by atoms with Gasteiger partial charge in [0.1, 0.15) is 0 Å². The first-order valence-electron chi connectivity index (χ1n) is 0.309. The van der Waals surface area contributed by atoms with Gasteiger partial charge in [-0.1, -0.05) is 0 Å². The van der Waals surface area contributed by atoms with E-state index < -0.39 is 11.3 Å². The predicted molar refractivity (Wildman–Crippen MR) is 0 cm³/mol. The molecule has 0 N–H and O–H groups in total. The Balaban J connectivity index is 0. The molecule has 0 aromatic heterocycles. The summed E-state index contributed by atoms with van der Waals surface area (Å²) in [7, 11) is 0. The van der Waals surface area contributed by atoms with Gasteiger partial charge in [-0.25, -0.2) is 0 Å². The maximum absolute atomic E-state index is 8.24. The van der Waals surface area contributed by atoms with E-state index >= 15 is 0 Å². The Morgan fingerprint density at radius 1 is 1.25 bits per heavy atom. The zero-order valence-corrected chi connectivity index (χ0v) is 3.73. The first-order chi connectivity index (χ1) is 1.41. The Labute approximate surface area is 43.4 Å². The molecule has 0 aliphatic heterocycles. The summed E-state index contributed by atoms with van der Waals surface area (Å²) < 4.78 is 16.5. The standard InChI is InChI=1S/Ag.ClO2/c;2-1-3/q+1;-1. The molecule has 0 unspecified atom stereocenters. The monoisotopic (exact) mass is 174 g/mol. The van der Waals surface area contributed by atoms with Crippen molar-refractivity contribution in [2.75, 3.05) is 0 Å². The minimum atomic E-state index is -0.417. The fraction of sp³-hybridized carbons (Fsp3) is 0. The van der Waals surface area contributed by atoms with Crippen LogP contribution in [0.15, 0.2) is 0 Å². The van der Waals surface area contributed by atoms with E-state index in [1.165, 1.54) is 0 Å². The van der Waals surface area contributed by atoms with Crippen LogP contribution >= 0.6 is 0 Å². The van der Waals surface area contributed by atoms with Crippen molar-refractivity contribution >= 4 is 0 Å². The molecule has 0 rings (SSSR count).